The van der Waals surface area contributed by atoms with Crippen LogP contribution in [0.1, 0.15) is 30.3 Å². The number of carbonyl (C=O) groups is 2. The molecule has 136 valence electrons. The Morgan fingerprint density at radius 2 is 2.04 bits per heavy atom. The lowest BCUT2D eigenvalue weighted by molar-refractivity contribution is -0.120. The van der Waals surface area contributed by atoms with Gasteiger partial charge in [0.1, 0.15) is 11.5 Å². The van der Waals surface area contributed by atoms with Gasteiger partial charge in [0.15, 0.2) is 0 Å². The van der Waals surface area contributed by atoms with E-state index in [9.17, 15) is 14.0 Å². The molecule has 2 aromatic rings. The van der Waals surface area contributed by atoms with Gasteiger partial charge in [-0.25, -0.2) is 4.39 Å². The van der Waals surface area contributed by atoms with E-state index in [2.05, 4.69) is 20.9 Å². The van der Waals surface area contributed by atoms with Crippen LogP contribution in [0.3, 0.4) is 0 Å². The lowest BCUT2D eigenvalue weighted by Gasteiger charge is -2.27. The molecule has 1 aromatic carbocycles. The van der Waals surface area contributed by atoms with Crippen LogP contribution < -0.4 is 16.0 Å². The fourth-order valence-electron chi connectivity index (χ4n) is 3.02. The maximum Gasteiger partial charge on any atom is 0.274 e. The molecule has 2 amide bonds. The molecule has 7 heteroatoms. The standard InChI is InChI=1S/C19H21FN4O2/c1-12-10-13(7-9-21-12)18(25)24-17-11-14(20)5-6-15(17)23-19(26)16-4-2-3-8-22-16/h2-6,8,11-13,21H,7,9-10H2,1H3,(H,23,26)(H,24,25)/t12-,13-/m0/s1. The molecule has 3 N–H and O–H groups in total. The van der Waals surface area contributed by atoms with E-state index in [1.165, 1.54) is 24.4 Å². The summed E-state index contributed by atoms with van der Waals surface area (Å²) in [4.78, 5) is 28.8. The maximum absolute atomic E-state index is 13.7. The summed E-state index contributed by atoms with van der Waals surface area (Å²) in [5.74, 6) is -1.23. The lowest BCUT2D eigenvalue weighted by atomic mass is 9.92. The molecule has 0 saturated carbocycles. The first-order chi connectivity index (χ1) is 12.5. The highest BCUT2D eigenvalue weighted by atomic mass is 19.1. The minimum Gasteiger partial charge on any atom is -0.324 e. The number of carbonyl (C=O) groups excluding carboxylic acids is 2. The number of benzene rings is 1. The maximum atomic E-state index is 13.7. The Labute approximate surface area is 151 Å². The molecule has 26 heavy (non-hydrogen) atoms. The molecule has 2 atom stereocenters. The van der Waals surface area contributed by atoms with Crippen molar-refractivity contribution < 1.29 is 14.0 Å². The van der Waals surface area contributed by atoms with Crippen molar-refractivity contribution in [1.82, 2.24) is 10.3 Å². The number of pyridine rings is 1. The van der Waals surface area contributed by atoms with Crippen LogP contribution in [-0.2, 0) is 4.79 Å². The fourth-order valence-corrected chi connectivity index (χ4v) is 3.02. The van der Waals surface area contributed by atoms with Crippen LogP contribution in [0.4, 0.5) is 15.8 Å². The molecule has 3 rings (SSSR count). The number of halogens is 1. The van der Waals surface area contributed by atoms with E-state index in [1.807, 2.05) is 6.92 Å². The normalized spacial score (nSPS) is 19.6. The highest BCUT2D eigenvalue weighted by molar-refractivity contribution is 6.06. The zero-order valence-corrected chi connectivity index (χ0v) is 14.5. The second-order valence-corrected chi connectivity index (χ2v) is 6.42. The lowest BCUT2D eigenvalue weighted by Crippen LogP contribution is -2.40. The predicted octanol–water partition coefficient (Wildman–Crippen LogP) is 2.80. The summed E-state index contributed by atoms with van der Waals surface area (Å²) < 4.78 is 13.7. The first-order valence-corrected chi connectivity index (χ1v) is 8.59. The third-order valence-electron chi connectivity index (χ3n) is 4.38. The van der Waals surface area contributed by atoms with Crippen LogP contribution in [0.2, 0.25) is 0 Å². The van der Waals surface area contributed by atoms with Crippen molar-refractivity contribution in [3.8, 4) is 0 Å². The summed E-state index contributed by atoms with van der Waals surface area (Å²) in [6, 6.07) is 9.11. The number of nitrogens with one attached hydrogen (secondary N) is 3. The number of anilines is 2. The summed E-state index contributed by atoms with van der Waals surface area (Å²) in [6.45, 7) is 2.80. The average Bonchev–Trinajstić information content (AvgIpc) is 2.64. The first-order valence-electron chi connectivity index (χ1n) is 8.59. The van der Waals surface area contributed by atoms with E-state index in [-0.39, 0.29) is 29.2 Å². The smallest absolute Gasteiger partial charge is 0.274 e. The molecule has 0 unspecified atom stereocenters. The van der Waals surface area contributed by atoms with E-state index in [0.717, 1.165) is 19.4 Å². The highest BCUT2D eigenvalue weighted by Crippen LogP contribution is 2.26. The second kappa shape index (κ2) is 8.05. The molecule has 0 aliphatic carbocycles. The van der Waals surface area contributed by atoms with Crippen LogP contribution in [0, 0.1) is 11.7 Å². The van der Waals surface area contributed by atoms with Crippen molar-refractivity contribution in [2.45, 2.75) is 25.8 Å². The fraction of sp³-hybridized carbons (Fsp3) is 0.316. The average molecular weight is 356 g/mol. The minimum absolute atomic E-state index is 0.145. The van der Waals surface area contributed by atoms with Crippen LogP contribution in [0.15, 0.2) is 42.6 Å². The Morgan fingerprint density at radius 3 is 2.77 bits per heavy atom. The van der Waals surface area contributed by atoms with Crippen LogP contribution >= 0.6 is 0 Å². The number of amides is 2. The number of rotatable bonds is 4. The first kappa shape index (κ1) is 18.0. The van der Waals surface area contributed by atoms with Gasteiger partial charge in [-0.2, -0.15) is 0 Å². The Morgan fingerprint density at radius 1 is 1.19 bits per heavy atom. The van der Waals surface area contributed by atoms with Crippen molar-refractivity contribution >= 4 is 23.2 Å². The zero-order chi connectivity index (χ0) is 18.5. The van der Waals surface area contributed by atoms with Crippen molar-refractivity contribution in [3.63, 3.8) is 0 Å². The van der Waals surface area contributed by atoms with Crippen LogP contribution in [0.25, 0.3) is 0 Å². The molecule has 1 aliphatic rings. The largest absolute Gasteiger partial charge is 0.324 e. The molecule has 0 bridgehead atoms. The van der Waals surface area contributed by atoms with Gasteiger partial charge in [-0.15, -0.1) is 0 Å². The van der Waals surface area contributed by atoms with Crippen molar-refractivity contribution in [2.75, 3.05) is 17.2 Å². The molecule has 6 nitrogen and oxygen atoms in total. The van der Waals surface area contributed by atoms with E-state index < -0.39 is 11.7 Å². The van der Waals surface area contributed by atoms with Gasteiger partial charge in [0.25, 0.3) is 5.91 Å². The van der Waals surface area contributed by atoms with Gasteiger partial charge in [-0.3, -0.25) is 14.6 Å². The van der Waals surface area contributed by atoms with Gasteiger partial charge >= 0.3 is 0 Å². The Balaban J connectivity index is 1.75. The zero-order valence-electron chi connectivity index (χ0n) is 14.5. The topological polar surface area (TPSA) is 83.1 Å². The molecule has 1 fully saturated rings. The number of aromatic nitrogens is 1. The third-order valence-corrected chi connectivity index (χ3v) is 4.38. The number of piperidine rings is 1. The summed E-state index contributed by atoms with van der Waals surface area (Å²) in [5, 5.41) is 8.72. The Hall–Kier alpha value is -2.80. The summed E-state index contributed by atoms with van der Waals surface area (Å²) in [7, 11) is 0. The number of hydrogen-bond donors (Lipinski definition) is 3. The summed E-state index contributed by atoms with van der Waals surface area (Å²) >= 11 is 0. The quantitative estimate of drug-likeness (QED) is 0.787. The van der Waals surface area contributed by atoms with E-state index in [0.29, 0.717) is 5.69 Å². The second-order valence-electron chi connectivity index (χ2n) is 6.42. The monoisotopic (exact) mass is 356 g/mol. The molecular formula is C19H21FN4O2. The molecule has 1 aliphatic heterocycles. The van der Waals surface area contributed by atoms with Crippen molar-refractivity contribution in [3.05, 3.63) is 54.1 Å². The number of nitrogens with zero attached hydrogens (tertiary/aromatic N) is 1. The molecular weight excluding hydrogens is 335 g/mol. The molecule has 2 heterocycles. The summed E-state index contributed by atoms with van der Waals surface area (Å²) in [6.07, 6.45) is 2.96. The van der Waals surface area contributed by atoms with Crippen molar-refractivity contribution in [2.24, 2.45) is 5.92 Å². The Kier molecular flexibility index (Phi) is 5.58. The highest BCUT2D eigenvalue weighted by Gasteiger charge is 2.25. The van der Waals surface area contributed by atoms with Gasteiger partial charge in [-0.1, -0.05) is 6.07 Å². The molecule has 1 aromatic heterocycles. The van der Waals surface area contributed by atoms with E-state index >= 15 is 0 Å². The van der Waals surface area contributed by atoms with E-state index in [4.69, 9.17) is 0 Å². The van der Waals surface area contributed by atoms with E-state index in [1.54, 1.807) is 18.2 Å². The van der Waals surface area contributed by atoms with Gasteiger partial charge < -0.3 is 16.0 Å². The molecule has 1 saturated heterocycles. The van der Waals surface area contributed by atoms with Gasteiger partial charge in [0.05, 0.1) is 11.4 Å². The minimum atomic E-state index is -0.491. The van der Waals surface area contributed by atoms with Crippen molar-refractivity contribution in [1.29, 1.82) is 0 Å². The van der Waals surface area contributed by atoms with Gasteiger partial charge in [-0.05, 0) is 56.6 Å². The van der Waals surface area contributed by atoms with Gasteiger partial charge in [0, 0.05) is 18.2 Å². The molecule has 0 radical (unpaired) electrons. The molecule has 0 spiro atoms. The number of hydrogen-bond acceptors (Lipinski definition) is 4. The predicted molar refractivity (Wildman–Crippen MR) is 97.4 cm³/mol. The SMILES string of the molecule is C[C@H]1C[C@@H](C(=O)Nc2cc(F)ccc2NC(=O)c2ccccn2)CCN1. The summed E-state index contributed by atoms with van der Waals surface area (Å²) in [5.41, 5.74) is 0.809. The third kappa shape index (κ3) is 4.43. The van der Waals surface area contributed by atoms with Gasteiger partial charge in [0.2, 0.25) is 5.91 Å². The van der Waals surface area contributed by atoms with Crippen LogP contribution in [0.5, 0.6) is 0 Å². The van der Waals surface area contributed by atoms with Crippen LogP contribution in [-0.4, -0.2) is 29.4 Å². The Bertz CT molecular complexity index is 797.